The number of hydrogen-bond acceptors (Lipinski definition) is 3. The zero-order valence-corrected chi connectivity index (χ0v) is 10.8. The maximum Gasteiger partial charge on any atom is 0.221 e. The summed E-state index contributed by atoms with van der Waals surface area (Å²) in [7, 11) is 0. The number of hydrogen-bond donors (Lipinski definition) is 2. The molecule has 3 N–H and O–H groups in total. The molecule has 0 radical (unpaired) electrons. The minimum atomic E-state index is -0.0406. The van der Waals surface area contributed by atoms with Crippen LogP contribution in [0.1, 0.15) is 19.8 Å². The van der Waals surface area contributed by atoms with Crippen molar-refractivity contribution in [2.24, 2.45) is 11.7 Å². The van der Waals surface area contributed by atoms with E-state index in [0.717, 1.165) is 17.4 Å². The number of benzene rings is 1. The van der Waals surface area contributed by atoms with Crippen LogP contribution in [0.15, 0.2) is 29.2 Å². The minimum absolute atomic E-state index is 0.0406. The van der Waals surface area contributed by atoms with Gasteiger partial charge in [-0.3, -0.25) is 4.79 Å². The highest BCUT2D eigenvalue weighted by molar-refractivity contribution is 7.99. The summed E-state index contributed by atoms with van der Waals surface area (Å²) in [4.78, 5) is 12.1. The van der Waals surface area contributed by atoms with Gasteiger partial charge < -0.3 is 11.1 Å². The molecule has 0 spiro atoms. The van der Waals surface area contributed by atoms with Gasteiger partial charge in [0.2, 0.25) is 5.91 Å². The molecule has 0 saturated heterocycles. The molecule has 4 heteroatoms. The first-order valence-electron chi connectivity index (χ1n) is 5.91. The lowest BCUT2D eigenvalue weighted by atomic mass is 10.2. The maximum absolute atomic E-state index is 10.9. The van der Waals surface area contributed by atoms with E-state index in [-0.39, 0.29) is 5.91 Å². The summed E-state index contributed by atoms with van der Waals surface area (Å²) in [5.41, 5.74) is 6.89. The Morgan fingerprint density at radius 2 is 2.12 bits per heavy atom. The van der Waals surface area contributed by atoms with Gasteiger partial charge in [-0.25, -0.2) is 0 Å². The van der Waals surface area contributed by atoms with Crippen LogP contribution in [0, 0.1) is 5.92 Å². The highest BCUT2D eigenvalue weighted by Gasteiger charge is 2.28. The first-order valence-corrected chi connectivity index (χ1v) is 6.90. The van der Waals surface area contributed by atoms with Gasteiger partial charge in [-0.1, -0.05) is 0 Å². The van der Waals surface area contributed by atoms with E-state index >= 15 is 0 Å². The first kappa shape index (κ1) is 12.5. The van der Waals surface area contributed by atoms with E-state index in [0.29, 0.717) is 6.04 Å². The molecule has 1 aliphatic rings. The number of anilines is 1. The molecule has 1 fully saturated rings. The molecule has 0 heterocycles. The van der Waals surface area contributed by atoms with E-state index in [2.05, 4.69) is 5.32 Å². The summed E-state index contributed by atoms with van der Waals surface area (Å²) in [6.45, 7) is 1.51. The van der Waals surface area contributed by atoms with Crippen LogP contribution in [0.2, 0.25) is 0 Å². The van der Waals surface area contributed by atoms with Crippen LogP contribution in [-0.2, 0) is 4.79 Å². The Kier molecular flexibility index (Phi) is 4.07. The number of carbonyl (C=O) groups is 1. The molecule has 1 aromatic carbocycles. The highest BCUT2D eigenvalue weighted by Crippen LogP contribution is 2.34. The molecule has 0 aliphatic heterocycles. The molecular formula is C13H18N2OS. The number of carbonyl (C=O) groups excluding carboxylic acids is 1. The summed E-state index contributed by atoms with van der Waals surface area (Å²) in [5, 5.41) is 2.75. The van der Waals surface area contributed by atoms with Gasteiger partial charge in [0.25, 0.3) is 0 Å². The third-order valence-corrected chi connectivity index (χ3v) is 4.00. The normalized spacial score (nSPS) is 16.6. The van der Waals surface area contributed by atoms with E-state index in [1.807, 2.05) is 24.3 Å². The van der Waals surface area contributed by atoms with Crippen molar-refractivity contribution >= 4 is 23.4 Å². The number of nitrogens with two attached hydrogens (primary N) is 1. The second-order valence-corrected chi connectivity index (χ2v) is 5.61. The Balaban J connectivity index is 1.82. The second-order valence-electron chi connectivity index (χ2n) is 4.52. The third-order valence-electron chi connectivity index (χ3n) is 2.84. The van der Waals surface area contributed by atoms with Crippen molar-refractivity contribution in [3.8, 4) is 0 Å². The number of amides is 1. The zero-order chi connectivity index (χ0) is 12.3. The van der Waals surface area contributed by atoms with Crippen molar-refractivity contribution in [2.75, 3.05) is 11.1 Å². The van der Waals surface area contributed by atoms with Crippen molar-refractivity contribution in [3.63, 3.8) is 0 Å². The first-order chi connectivity index (χ1) is 8.15. The van der Waals surface area contributed by atoms with E-state index in [4.69, 9.17) is 5.73 Å². The molecule has 1 unspecified atom stereocenters. The summed E-state index contributed by atoms with van der Waals surface area (Å²) < 4.78 is 0. The Morgan fingerprint density at radius 3 is 2.65 bits per heavy atom. The molecule has 0 bridgehead atoms. The molecule has 1 atom stereocenters. The zero-order valence-electron chi connectivity index (χ0n) is 9.98. The quantitative estimate of drug-likeness (QED) is 0.789. The van der Waals surface area contributed by atoms with Crippen LogP contribution in [0.4, 0.5) is 5.69 Å². The fraction of sp³-hybridized carbons (Fsp3) is 0.462. The lowest BCUT2D eigenvalue weighted by Crippen LogP contribution is -2.24. The number of thioether (sulfide) groups is 1. The van der Waals surface area contributed by atoms with Gasteiger partial charge in [-0.2, -0.15) is 0 Å². The van der Waals surface area contributed by atoms with Crippen LogP contribution in [0.5, 0.6) is 0 Å². The summed E-state index contributed by atoms with van der Waals surface area (Å²) in [6.07, 6.45) is 2.59. The Morgan fingerprint density at radius 1 is 1.47 bits per heavy atom. The Hall–Kier alpha value is -1.00. The molecule has 17 heavy (non-hydrogen) atoms. The van der Waals surface area contributed by atoms with Crippen molar-refractivity contribution in [2.45, 2.75) is 30.7 Å². The lowest BCUT2D eigenvalue weighted by Gasteiger charge is -2.09. The van der Waals surface area contributed by atoms with Gasteiger partial charge in [0.05, 0.1) is 0 Å². The van der Waals surface area contributed by atoms with Crippen LogP contribution < -0.4 is 11.1 Å². The molecule has 2 rings (SSSR count). The number of rotatable bonds is 5. The van der Waals surface area contributed by atoms with Gasteiger partial charge in [0, 0.05) is 29.3 Å². The molecule has 3 nitrogen and oxygen atoms in total. The van der Waals surface area contributed by atoms with Crippen LogP contribution >= 0.6 is 11.8 Å². The van der Waals surface area contributed by atoms with Gasteiger partial charge >= 0.3 is 0 Å². The lowest BCUT2D eigenvalue weighted by molar-refractivity contribution is -0.114. The van der Waals surface area contributed by atoms with Crippen LogP contribution in [0.3, 0.4) is 0 Å². The predicted molar refractivity (Wildman–Crippen MR) is 72.2 cm³/mol. The smallest absolute Gasteiger partial charge is 0.221 e. The summed E-state index contributed by atoms with van der Waals surface area (Å²) >= 11 is 1.79. The standard InChI is InChI=1S/C13H18N2OS/c1-9(16)15-11-4-6-12(7-5-11)17-8-13(14)10-2-3-10/h4-7,10,13H,2-3,8,14H2,1H3,(H,15,16). The highest BCUT2D eigenvalue weighted by atomic mass is 32.2. The third kappa shape index (κ3) is 4.06. The topological polar surface area (TPSA) is 55.1 Å². The maximum atomic E-state index is 10.9. The van der Waals surface area contributed by atoms with E-state index < -0.39 is 0 Å². The SMILES string of the molecule is CC(=O)Nc1ccc(SCC(N)C2CC2)cc1. The molecule has 1 amide bonds. The molecule has 1 aromatic rings. The minimum Gasteiger partial charge on any atom is -0.327 e. The van der Waals surface area contributed by atoms with Gasteiger partial charge in [-0.05, 0) is 43.0 Å². The van der Waals surface area contributed by atoms with Crippen molar-refractivity contribution in [1.82, 2.24) is 0 Å². The molecule has 1 aliphatic carbocycles. The van der Waals surface area contributed by atoms with Gasteiger partial charge in [-0.15, -0.1) is 11.8 Å². The summed E-state index contributed by atoms with van der Waals surface area (Å²) in [6, 6.07) is 8.22. The van der Waals surface area contributed by atoms with Gasteiger partial charge in [0.1, 0.15) is 0 Å². The predicted octanol–water partition coefficient (Wildman–Crippen LogP) is 2.47. The Labute approximate surface area is 106 Å². The van der Waals surface area contributed by atoms with E-state index in [1.165, 1.54) is 24.7 Å². The molecular weight excluding hydrogens is 232 g/mol. The van der Waals surface area contributed by atoms with Crippen molar-refractivity contribution < 1.29 is 4.79 Å². The fourth-order valence-corrected chi connectivity index (χ4v) is 2.68. The number of nitrogens with one attached hydrogen (secondary N) is 1. The van der Waals surface area contributed by atoms with Crippen molar-refractivity contribution in [3.05, 3.63) is 24.3 Å². The van der Waals surface area contributed by atoms with Gasteiger partial charge in [0.15, 0.2) is 0 Å². The average molecular weight is 250 g/mol. The summed E-state index contributed by atoms with van der Waals surface area (Å²) in [5.74, 6) is 1.69. The van der Waals surface area contributed by atoms with E-state index in [9.17, 15) is 4.79 Å². The molecule has 1 saturated carbocycles. The monoisotopic (exact) mass is 250 g/mol. The average Bonchev–Trinajstić information content (AvgIpc) is 3.11. The largest absolute Gasteiger partial charge is 0.327 e. The van der Waals surface area contributed by atoms with Crippen LogP contribution in [0.25, 0.3) is 0 Å². The molecule has 92 valence electrons. The van der Waals surface area contributed by atoms with Crippen LogP contribution in [-0.4, -0.2) is 17.7 Å². The van der Waals surface area contributed by atoms with E-state index in [1.54, 1.807) is 11.8 Å². The molecule has 0 aromatic heterocycles. The van der Waals surface area contributed by atoms with Crippen molar-refractivity contribution in [1.29, 1.82) is 0 Å². The Bertz CT molecular complexity index is 387. The second kappa shape index (κ2) is 5.56. The fourth-order valence-electron chi connectivity index (χ4n) is 1.69.